The topological polar surface area (TPSA) is 103 Å². The maximum Gasteiger partial charge on any atom is 0.251 e. The van der Waals surface area contributed by atoms with Crippen molar-refractivity contribution in [2.75, 3.05) is 52.2 Å². The highest BCUT2D eigenvalue weighted by atomic mass is 16.5. The van der Waals surface area contributed by atoms with Crippen molar-refractivity contribution in [2.45, 2.75) is 18.9 Å². The molecule has 0 spiro atoms. The van der Waals surface area contributed by atoms with Crippen molar-refractivity contribution >= 4 is 11.6 Å². The molecule has 0 atom stereocenters. The van der Waals surface area contributed by atoms with Crippen molar-refractivity contribution in [3.05, 3.63) is 23.8 Å². The average molecular weight is 336 g/mol. The Morgan fingerprint density at radius 1 is 1.33 bits per heavy atom. The summed E-state index contributed by atoms with van der Waals surface area (Å²) >= 11 is 0. The van der Waals surface area contributed by atoms with Gasteiger partial charge in [-0.05, 0) is 31.0 Å². The molecule has 0 aliphatic carbocycles. The minimum atomic E-state index is -0.0852. The molecule has 24 heavy (non-hydrogen) atoms. The smallest absolute Gasteiger partial charge is 0.251 e. The molecule has 1 aromatic rings. The molecule has 5 N–H and O–H groups in total. The molecule has 0 aromatic heterocycles. The molecule has 2 rings (SSSR count). The van der Waals surface area contributed by atoms with Crippen LogP contribution in [0.5, 0.6) is 5.75 Å². The SMILES string of the molecule is COc1cc(C(=O)NC2CCN(CCOCCN)CC2)ccc1N. The number of benzene rings is 1. The fourth-order valence-electron chi connectivity index (χ4n) is 2.80. The van der Waals surface area contributed by atoms with Gasteiger partial charge in [0.25, 0.3) is 5.91 Å². The third-order valence-corrected chi connectivity index (χ3v) is 4.23. The molecule has 0 bridgehead atoms. The molecule has 1 heterocycles. The number of nitrogens with two attached hydrogens (primary N) is 2. The van der Waals surface area contributed by atoms with Crippen molar-refractivity contribution < 1.29 is 14.3 Å². The van der Waals surface area contributed by atoms with E-state index in [0.29, 0.717) is 36.8 Å². The van der Waals surface area contributed by atoms with E-state index in [1.54, 1.807) is 25.3 Å². The summed E-state index contributed by atoms with van der Waals surface area (Å²) in [5.41, 5.74) is 12.3. The monoisotopic (exact) mass is 336 g/mol. The molecular weight excluding hydrogens is 308 g/mol. The Hall–Kier alpha value is -1.83. The van der Waals surface area contributed by atoms with Gasteiger partial charge >= 0.3 is 0 Å². The number of hydrogen-bond acceptors (Lipinski definition) is 6. The van der Waals surface area contributed by atoms with E-state index in [2.05, 4.69) is 10.2 Å². The fraction of sp³-hybridized carbons (Fsp3) is 0.588. The van der Waals surface area contributed by atoms with Crippen LogP contribution in [0.3, 0.4) is 0 Å². The second-order valence-electron chi connectivity index (χ2n) is 5.95. The number of likely N-dealkylation sites (tertiary alicyclic amines) is 1. The van der Waals surface area contributed by atoms with Crippen LogP contribution in [0, 0.1) is 0 Å². The van der Waals surface area contributed by atoms with Crippen molar-refractivity contribution in [1.29, 1.82) is 0 Å². The lowest BCUT2D eigenvalue weighted by Gasteiger charge is -2.32. The average Bonchev–Trinajstić information content (AvgIpc) is 2.60. The second-order valence-corrected chi connectivity index (χ2v) is 5.95. The van der Waals surface area contributed by atoms with E-state index in [1.807, 2.05) is 0 Å². The quantitative estimate of drug-likeness (QED) is 0.470. The first-order valence-corrected chi connectivity index (χ1v) is 8.38. The zero-order chi connectivity index (χ0) is 17.4. The van der Waals surface area contributed by atoms with Gasteiger partial charge in [-0.2, -0.15) is 0 Å². The fourth-order valence-corrected chi connectivity index (χ4v) is 2.80. The first kappa shape index (κ1) is 18.5. The van der Waals surface area contributed by atoms with Gasteiger partial charge in [-0.15, -0.1) is 0 Å². The van der Waals surface area contributed by atoms with Crippen molar-refractivity contribution in [3.8, 4) is 5.75 Å². The van der Waals surface area contributed by atoms with Crippen molar-refractivity contribution in [2.24, 2.45) is 5.73 Å². The lowest BCUT2D eigenvalue weighted by atomic mass is 10.0. The first-order valence-electron chi connectivity index (χ1n) is 8.38. The van der Waals surface area contributed by atoms with Crippen molar-refractivity contribution in [3.63, 3.8) is 0 Å². The zero-order valence-corrected chi connectivity index (χ0v) is 14.3. The molecule has 1 aliphatic rings. The van der Waals surface area contributed by atoms with Crippen LogP contribution in [0.15, 0.2) is 18.2 Å². The number of rotatable bonds is 8. The normalized spacial score (nSPS) is 16.1. The van der Waals surface area contributed by atoms with E-state index in [0.717, 1.165) is 32.5 Å². The van der Waals surface area contributed by atoms with Crippen LogP contribution in [0.4, 0.5) is 5.69 Å². The Morgan fingerprint density at radius 3 is 2.75 bits per heavy atom. The molecule has 0 radical (unpaired) electrons. The van der Waals surface area contributed by atoms with Gasteiger partial charge in [0.1, 0.15) is 5.75 Å². The van der Waals surface area contributed by atoms with Crippen LogP contribution in [0.25, 0.3) is 0 Å². The molecule has 0 saturated carbocycles. The summed E-state index contributed by atoms with van der Waals surface area (Å²) in [7, 11) is 1.54. The molecule has 1 aromatic carbocycles. The summed E-state index contributed by atoms with van der Waals surface area (Å²) in [6, 6.07) is 5.28. The van der Waals surface area contributed by atoms with Gasteiger partial charge in [0.2, 0.25) is 0 Å². The van der Waals surface area contributed by atoms with Gasteiger partial charge in [0.15, 0.2) is 0 Å². The standard InChI is InChI=1S/C17H28N4O3/c1-23-16-12-13(2-3-15(16)19)17(22)20-14-4-7-21(8-5-14)9-11-24-10-6-18/h2-3,12,14H,4-11,18-19H2,1H3,(H,20,22). The number of amides is 1. The third kappa shape index (κ3) is 5.36. The Bertz CT molecular complexity index is 531. The number of ether oxygens (including phenoxy) is 2. The third-order valence-electron chi connectivity index (χ3n) is 4.23. The van der Waals surface area contributed by atoms with Gasteiger partial charge in [-0.3, -0.25) is 4.79 Å². The minimum absolute atomic E-state index is 0.0852. The second kappa shape index (κ2) is 9.46. The van der Waals surface area contributed by atoms with Crippen LogP contribution < -0.4 is 21.5 Å². The van der Waals surface area contributed by atoms with E-state index < -0.39 is 0 Å². The highest BCUT2D eigenvalue weighted by molar-refractivity contribution is 5.95. The number of nitrogens with zero attached hydrogens (tertiary/aromatic N) is 1. The lowest BCUT2D eigenvalue weighted by molar-refractivity contribution is 0.0850. The van der Waals surface area contributed by atoms with E-state index in [-0.39, 0.29) is 11.9 Å². The summed E-state index contributed by atoms with van der Waals surface area (Å²) in [6.45, 7) is 4.71. The molecule has 1 saturated heterocycles. The number of methoxy groups -OCH3 is 1. The van der Waals surface area contributed by atoms with Crippen LogP contribution in [-0.2, 0) is 4.74 Å². The Morgan fingerprint density at radius 2 is 2.08 bits per heavy atom. The molecule has 7 heteroatoms. The van der Waals surface area contributed by atoms with Gasteiger partial charge in [-0.25, -0.2) is 0 Å². The lowest BCUT2D eigenvalue weighted by Crippen LogP contribution is -2.45. The number of carbonyl (C=O) groups is 1. The Labute approximate surface area is 143 Å². The van der Waals surface area contributed by atoms with E-state index >= 15 is 0 Å². The van der Waals surface area contributed by atoms with Crippen molar-refractivity contribution in [1.82, 2.24) is 10.2 Å². The molecule has 1 amide bonds. The number of nitrogens with one attached hydrogen (secondary N) is 1. The molecule has 134 valence electrons. The maximum atomic E-state index is 12.4. The Balaban J connectivity index is 1.76. The van der Waals surface area contributed by atoms with E-state index in [1.165, 1.54) is 0 Å². The number of anilines is 1. The summed E-state index contributed by atoms with van der Waals surface area (Å²) in [5.74, 6) is 0.438. The predicted molar refractivity (Wildman–Crippen MR) is 94.2 cm³/mol. The highest BCUT2D eigenvalue weighted by Crippen LogP contribution is 2.22. The predicted octanol–water partition coefficient (Wildman–Crippen LogP) is 0.447. The van der Waals surface area contributed by atoms with Gasteiger partial charge < -0.3 is 31.2 Å². The summed E-state index contributed by atoms with van der Waals surface area (Å²) in [4.78, 5) is 14.7. The van der Waals surface area contributed by atoms with Crippen LogP contribution in [0.1, 0.15) is 23.2 Å². The number of piperidine rings is 1. The number of carbonyl (C=O) groups excluding carboxylic acids is 1. The molecule has 7 nitrogen and oxygen atoms in total. The summed E-state index contributed by atoms with van der Waals surface area (Å²) in [5, 5.41) is 3.09. The van der Waals surface area contributed by atoms with Gasteiger partial charge in [-0.1, -0.05) is 0 Å². The van der Waals surface area contributed by atoms with Crippen LogP contribution in [-0.4, -0.2) is 63.4 Å². The van der Waals surface area contributed by atoms with Gasteiger partial charge in [0, 0.05) is 37.8 Å². The first-order chi connectivity index (χ1) is 11.6. The number of nitrogen functional groups attached to an aromatic ring is 1. The number of hydrogen-bond donors (Lipinski definition) is 3. The zero-order valence-electron chi connectivity index (χ0n) is 14.3. The minimum Gasteiger partial charge on any atom is -0.495 e. The molecule has 0 unspecified atom stereocenters. The summed E-state index contributed by atoms with van der Waals surface area (Å²) in [6.07, 6.45) is 1.88. The Kier molecular flexibility index (Phi) is 7.30. The summed E-state index contributed by atoms with van der Waals surface area (Å²) < 4.78 is 10.6. The van der Waals surface area contributed by atoms with E-state index in [9.17, 15) is 4.79 Å². The molecule has 1 aliphatic heterocycles. The molecule has 1 fully saturated rings. The molecular formula is C17H28N4O3. The van der Waals surface area contributed by atoms with Crippen LogP contribution >= 0.6 is 0 Å². The highest BCUT2D eigenvalue weighted by Gasteiger charge is 2.21. The van der Waals surface area contributed by atoms with Crippen LogP contribution in [0.2, 0.25) is 0 Å². The van der Waals surface area contributed by atoms with Gasteiger partial charge in [0.05, 0.1) is 26.0 Å². The maximum absolute atomic E-state index is 12.4. The van der Waals surface area contributed by atoms with E-state index in [4.69, 9.17) is 20.9 Å². The largest absolute Gasteiger partial charge is 0.495 e.